The number of rotatable bonds is 4. The summed E-state index contributed by atoms with van der Waals surface area (Å²) in [6.45, 7) is 9.45. The first-order valence-corrected chi connectivity index (χ1v) is 6.80. The Morgan fingerprint density at radius 2 is 2.29 bits per heavy atom. The van der Waals surface area contributed by atoms with Crippen LogP contribution in [0.2, 0.25) is 0 Å². The van der Waals surface area contributed by atoms with Crippen molar-refractivity contribution in [2.24, 2.45) is 0 Å². The van der Waals surface area contributed by atoms with Gasteiger partial charge in [0.25, 0.3) is 0 Å². The van der Waals surface area contributed by atoms with Crippen molar-refractivity contribution < 1.29 is 0 Å². The predicted octanol–water partition coefficient (Wildman–Crippen LogP) is 3.02. The summed E-state index contributed by atoms with van der Waals surface area (Å²) in [7, 11) is 0. The molecule has 17 heavy (non-hydrogen) atoms. The number of thiazole rings is 1. The zero-order valence-corrected chi connectivity index (χ0v) is 11.6. The van der Waals surface area contributed by atoms with Crippen LogP contribution in [0.5, 0.6) is 0 Å². The Labute approximate surface area is 106 Å². The van der Waals surface area contributed by atoms with Crippen molar-refractivity contribution in [2.75, 3.05) is 6.54 Å². The van der Waals surface area contributed by atoms with Gasteiger partial charge in [0.2, 0.25) is 0 Å². The van der Waals surface area contributed by atoms with Gasteiger partial charge in [-0.25, -0.2) is 4.98 Å². The Balaban J connectivity index is 2.30. The van der Waals surface area contributed by atoms with E-state index in [1.54, 1.807) is 11.3 Å². The second kappa shape index (κ2) is 5.02. The summed E-state index contributed by atoms with van der Waals surface area (Å²) in [6, 6.07) is 0.393. The summed E-state index contributed by atoms with van der Waals surface area (Å²) >= 11 is 1.73. The molecule has 92 valence electrons. The largest absolute Gasteiger partial charge is 0.311 e. The maximum Gasteiger partial charge on any atom is 0.194 e. The molecule has 0 aliphatic heterocycles. The highest BCUT2D eigenvalue weighted by Crippen LogP contribution is 2.21. The Morgan fingerprint density at radius 3 is 3.00 bits per heavy atom. The topological polar surface area (TPSA) is 29.3 Å². The molecule has 2 heterocycles. The summed E-state index contributed by atoms with van der Waals surface area (Å²) in [5.74, 6) is 0. The van der Waals surface area contributed by atoms with Crippen LogP contribution in [0.15, 0.2) is 12.3 Å². The molecule has 2 rings (SSSR count). The van der Waals surface area contributed by atoms with E-state index in [-0.39, 0.29) is 0 Å². The van der Waals surface area contributed by atoms with Gasteiger partial charge in [-0.2, -0.15) is 0 Å². The maximum atomic E-state index is 4.57. The van der Waals surface area contributed by atoms with Gasteiger partial charge in [-0.15, -0.1) is 11.3 Å². The molecule has 0 aromatic carbocycles. The van der Waals surface area contributed by atoms with Crippen LogP contribution in [0.3, 0.4) is 0 Å². The van der Waals surface area contributed by atoms with E-state index in [0.717, 1.165) is 17.2 Å². The molecular weight excluding hydrogens is 230 g/mol. The van der Waals surface area contributed by atoms with Crippen molar-refractivity contribution in [3.63, 3.8) is 0 Å². The number of aryl methyl sites for hydroxylation is 2. The highest BCUT2D eigenvalue weighted by atomic mass is 32.1. The van der Waals surface area contributed by atoms with E-state index in [4.69, 9.17) is 0 Å². The number of likely N-dealkylation sites (N-methyl/N-ethyl adjacent to an activating group) is 1. The monoisotopic (exact) mass is 249 g/mol. The summed E-state index contributed by atoms with van der Waals surface area (Å²) in [6.07, 6.45) is 6.50. The van der Waals surface area contributed by atoms with Gasteiger partial charge >= 0.3 is 0 Å². The van der Waals surface area contributed by atoms with Gasteiger partial charge < -0.3 is 5.32 Å². The fourth-order valence-electron chi connectivity index (χ4n) is 1.91. The second-order valence-electron chi connectivity index (χ2n) is 4.28. The molecule has 1 unspecified atom stereocenters. The first-order chi connectivity index (χ1) is 8.11. The van der Waals surface area contributed by atoms with Crippen molar-refractivity contribution in [2.45, 2.75) is 33.7 Å². The molecule has 2 aromatic rings. The van der Waals surface area contributed by atoms with Gasteiger partial charge in [-0.1, -0.05) is 13.0 Å². The predicted molar refractivity (Wildman–Crippen MR) is 74.7 cm³/mol. The lowest BCUT2D eigenvalue weighted by atomic mass is 10.2. The quantitative estimate of drug-likeness (QED) is 0.902. The number of fused-ring (bicyclic) bond motifs is 1. The van der Waals surface area contributed by atoms with E-state index in [1.807, 2.05) is 0 Å². The summed E-state index contributed by atoms with van der Waals surface area (Å²) in [5, 5.41) is 3.37. The Hall–Kier alpha value is -1.13. The van der Waals surface area contributed by atoms with Crippen LogP contribution in [0.1, 0.15) is 30.1 Å². The molecule has 3 nitrogen and oxygen atoms in total. The molecule has 0 amide bonds. The average molecular weight is 249 g/mol. The van der Waals surface area contributed by atoms with Gasteiger partial charge in [0.05, 0.1) is 11.4 Å². The Bertz CT molecular complexity index is 536. The molecule has 0 saturated heterocycles. The van der Waals surface area contributed by atoms with E-state index in [1.165, 1.54) is 10.6 Å². The third kappa shape index (κ3) is 2.58. The standard InChI is InChI=1S/C13H19N3S/c1-5-14-9(2)6-7-12-11(4)15-13-16(12)8-10(3)17-13/h6-9,14H,5H2,1-4H3/b7-6+. The Morgan fingerprint density at radius 1 is 1.53 bits per heavy atom. The molecule has 0 saturated carbocycles. The van der Waals surface area contributed by atoms with Crippen LogP contribution in [-0.2, 0) is 0 Å². The van der Waals surface area contributed by atoms with Crippen molar-refractivity contribution in [1.29, 1.82) is 0 Å². The van der Waals surface area contributed by atoms with Crippen LogP contribution >= 0.6 is 11.3 Å². The third-order valence-electron chi connectivity index (χ3n) is 2.73. The van der Waals surface area contributed by atoms with Gasteiger partial charge in [0, 0.05) is 17.1 Å². The highest BCUT2D eigenvalue weighted by molar-refractivity contribution is 7.17. The molecule has 0 aliphatic carbocycles. The number of nitrogens with one attached hydrogen (secondary N) is 1. The average Bonchev–Trinajstić information content (AvgIpc) is 2.71. The summed E-state index contributed by atoms with van der Waals surface area (Å²) in [5.41, 5.74) is 2.28. The molecule has 1 N–H and O–H groups in total. The van der Waals surface area contributed by atoms with Crippen LogP contribution < -0.4 is 5.32 Å². The summed E-state index contributed by atoms with van der Waals surface area (Å²) < 4.78 is 2.17. The van der Waals surface area contributed by atoms with Crippen molar-refractivity contribution >= 4 is 22.4 Å². The van der Waals surface area contributed by atoms with Gasteiger partial charge in [0.1, 0.15) is 0 Å². The van der Waals surface area contributed by atoms with Crippen LogP contribution in [0, 0.1) is 13.8 Å². The van der Waals surface area contributed by atoms with Gasteiger partial charge in [0.15, 0.2) is 4.96 Å². The van der Waals surface area contributed by atoms with Crippen molar-refractivity contribution in [3.8, 4) is 0 Å². The molecule has 4 heteroatoms. The van der Waals surface area contributed by atoms with Crippen molar-refractivity contribution in [3.05, 3.63) is 28.5 Å². The smallest absolute Gasteiger partial charge is 0.194 e. The van der Waals surface area contributed by atoms with E-state index in [2.05, 4.69) is 60.7 Å². The van der Waals surface area contributed by atoms with E-state index in [9.17, 15) is 0 Å². The minimum atomic E-state index is 0.393. The van der Waals surface area contributed by atoms with E-state index in [0.29, 0.717) is 6.04 Å². The maximum absolute atomic E-state index is 4.57. The lowest BCUT2D eigenvalue weighted by Crippen LogP contribution is -2.22. The lowest BCUT2D eigenvalue weighted by molar-refractivity contribution is 0.662. The number of hydrogen-bond donors (Lipinski definition) is 1. The normalized spacial score (nSPS) is 13.9. The number of nitrogens with zero attached hydrogens (tertiary/aromatic N) is 2. The SMILES string of the molecule is CCNC(C)/C=C/c1c(C)nc2sc(C)cn12. The number of imidazole rings is 1. The molecule has 2 aromatic heterocycles. The summed E-state index contributed by atoms with van der Waals surface area (Å²) in [4.78, 5) is 6.94. The molecule has 1 atom stereocenters. The number of hydrogen-bond acceptors (Lipinski definition) is 3. The zero-order valence-electron chi connectivity index (χ0n) is 10.8. The number of aromatic nitrogens is 2. The molecule has 0 radical (unpaired) electrons. The van der Waals surface area contributed by atoms with E-state index >= 15 is 0 Å². The fourth-order valence-corrected chi connectivity index (χ4v) is 2.79. The van der Waals surface area contributed by atoms with Crippen LogP contribution in [0.4, 0.5) is 0 Å². The third-order valence-corrected chi connectivity index (χ3v) is 3.63. The molecule has 0 bridgehead atoms. The lowest BCUT2D eigenvalue weighted by Gasteiger charge is -2.05. The van der Waals surface area contributed by atoms with Gasteiger partial charge in [-0.3, -0.25) is 4.40 Å². The van der Waals surface area contributed by atoms with Crippen LogP contribution in [-0.4, -0.2) is 22.0 Å². The second-order valence-corrected chi connectivity index (χ2v) is 5.50. The molecular formula is C13H19N3S. The first kappa shape index (κ1) is 12.3. The minimum absolute atomic E-state index is 0.393. The molecule has 0 spiro atoms. The fraction of sp³-hybridized carbons (Fsp3) is 0.462. The van der Waals surface area contributed by atoms with Gasteiger partial charge in [-0.05, 0) is 33.4 Å². The van der Waals surface area contributed by atoms with Crippen molar-refractivity contribution in [1.82, 2.24) is 14.7 Å². The van der Waals surface area contributed by atoms with Crippen LogP contribution in [0.25, 0.3) is 11.0 Å². The highest BCUT2D eigenvalue weighted by Gasteiger charge is 2.08. The van der Waals surface area contributed by atoms with E-state index < -0.39 is 0 Å². The minimum Gasteiger partial charge on any atom is -0.311 e. The molecule has 0 aliphatic rings. The first-order valence-electron chi connectivity index (χ1n) is 5.98. The molecule has 0 fully saturated rings. The zero-order chi connectivity index (χ0) is 12.4. The Kier molecular flexibility index (Phi) is 3.64.